The van der Waals surface area contributed by atoms with E-state index < -0.39 is 15.8 Å². The second-order valence-corrected chi connectivity index (χ2v) is 11.1. The highest BCUT2D eigenvalue weighted by Crippen LogP contribution is 2.36. The van der Waals surface area contributed by atoms with Crippen molar-refractivity contribution in [2.24, 2.45) is 5.73 Å². The topological polar surface area (TPSA) is 155 Å². The smallest absolute Gasteiger partial charge is 0.209 e. The fourth-order valence-electron chi connectivity index (χ4n) is 4.62. The number of rotatable bonds is 6. The zero-order valence-electron chi connectivity index (χ0n) is 20.7. The Labute approximate surface area is 223 Å². The Kier molecular flexibility index (Phi) is 6.04. The molecule has 12 heteroatoms. The summed E-state index contributed by atoms with van der Waals surface area (Å²) in [4.78, 5) is 16.4. The Bertz CT molecular complexity index is 1890. The van der Waals surface area contributed by atoms with Gasteiger partial charge in [-0.25, -0.2) is 17.5 Å². The molecule has 0 radical (unpaired) electrons. The maximum atomic E-state index is 14.7. The average molecular weight is 543 g/mol. The number of hydrogen-bond acceptors (Lipinski definition) is 7. The number of sulfonamides is 1. The number of nitrogens with zero attached hydrogens (tertiary/aromatic N) is 4. The van der Waals surface area contributed by atoms with Gasteiger partial charge in [0, 0.05) is 47.7 Å². The lowest BCUT2D eigenvalue weighted by Crippen LogP contribution is -2.21. The van der Waals surface area contributed by atoms with Crippen LogP contribution in [-0.4, -0.2) is 44.8 Å². The van der Waals surface area contributed by atoms with Crippen LogP contribution in [0.3, 0.4) is 0 Å². The number of H-pyrrole nitrogens is 2. The third kappa shape index (κ3) is 5.07. The largest absolute Gasteiger partial charge is 0.402 e. The fourth-order valence-corrected chi connectivity index (χ4v) is 5.04. The van der Waals surface area contributed by atoms with Crippen LogP contribution < -0.4 is 10.5 Å². The minimum atomic E-state index is -3.44. The van der Waals surface area contributed by atoms with E-state index in [1.165, 1.54) is 12.1 Å². The highest BCUT2D eigenvalue weighted by atomic mass is 32.2. The summed E-state index contributed by atoms with van der Waals surface area (Å²) in [5.41, 5.74) is 13.9. The zero-order chi connectivity index (χ0) is 27.1. The molecular weight excluding hydrogens is 519 g/mol. The van der Waals surface area contributed by atoms with E-state index in [4.69, 9.17) is 5.73 Å². The van der Waals surface area contributed by atoms with E-state index in [2.05, 4.69) is 34.9 Å². The van der Waals surface area contributed by atoms with Crippen LogP contribution >= 0.6 is 0 Å². The Morgan fingerprint density at radius 1 is 1.05 bits per heavy atom. The normalized spacial score (nSPS) is 13.6. The number of pyridine rings is 1. The van der Waals surface area contributed by atoms with Crippen LogP contribution in [0.2, 0.25) is 0 Å². The molecule has 0 atom stereocenters. The van der Waals surface area contributed by atoms with Crippen molar-refractivity contribution in [1.29, 1.82) is 0 Å². The van der Waals surface area contributed by atoms with Gasteiger partial charge in [0.1, 0.15) is 17.2 Å². The highest BCUT2D eigenvalue weighted by Gasteiger charge is 2.21. The standard InChI is InChI=1S/C27H23FN8O2S/c1-39(37,38)33-12-15-6-16(8-17(28)7-15)19-3-2-18(29)9-22-20(19)10-24(34-22)27-21-11-23(26-13-30-4-5-31-26)32-14-25(21)35-36-27/h2-8,10-11,13-14,33-34H,9,12,29H2,1H3,(H,35,36). The van der Waals surface area contributed by atoms with E-state index in [1.54, 1.807) is 36.9 Å². The van der Waals surface area contributed by atoms with E-state index >= 15 is 0 Å². The summed E-state index contributed by atoms with van der Waals surface area (Å²) in [7, 11) is -3.44. The van der Waals surface area contributed by atoms with Crippen LogP contribution in [-0.2, 0) is 23.0 Å². The van der Waals surface area contributed by atoms with Crippen molar-refractivity contribution in [3.05, 3.63) is 101 Å². The molecule has 0 bridgehead atoms. The van der Waals surface area contributed by atoms with Gasteiger partial charge in [-0.1, -0.05) is 6.08 Å². The summed E-state index contributed by atoms with van der Waals surface area (Å²) >= 11 is 0. The van der Waals surface area contributed by atoms with Crippen LogP contribution in [0.15, 0.2) is 73.0 Å². The predicted molar refractivity (Wildman–Crippen MR) is 146 cm³/mol. The Morgan fingerprint density at radius 2 is 1.92 bits per heavy atom. The molecule has 0 aliphatic heterocycles. The summed E-state index contributed by atoms with van der Waals surface area (Å²) in [5, 5.41) is 8.41. The molecule has 1 aliphatic carbocycles. The summed E-state index contributed by atoms with van der Waals surface area (Å²) in [6, 6.07) is 8.37. The molecule has 1 aromatic carbocycles. The van der Waals surface area contributed by atoms with Gasteiger partial charge < -0.3 is 10.7 Å². The van der Waals surface area contributed by atoms with E-state index in [0.29, 0.717) is 40.3 Å². The molecule has 4 aromatic heterocycles. The number of aromatic amines is 2. The molecule has 0 unspecified atom stereocenters. The maximum Gasteiger partial charge on any atom is 0.209 e. The van der Waals surface area contributed by atoms with Crippen molar-refractivity contribution in [2.45, 2.75) is 13.0 Å². The zero-order valence-corrected chi connectivity index (χ0v) is 21.6. The monoisotopic (exact) mass is 542 g/mol. The van der Waals surface area contributed by atoms with Crippen LogP contribution in [0.5, 0.6) is 0 Å². The number of nitrogens with two attached hydrogens (primary N) is 1. The summed E-state index contributed by atoms with van der Waals surface area (Å²) in [6.45, 7) is -0.0263. The quantitative estimate of drug-likeness (QED) is 0.256. The first-order valence-electron chi connectivity index (χ1n) is 12.0. The molecule has 39 heavy (non-hydrogen) atoms. The van der Waals surface area contributed by atoms with E-state index in [1.807, 2.05) is 18.2 Å². The maximum absolute atomic E-state index is 14.7. The molecule has 4 heterocycles. The van der Waals surface area contributed by atoms with Gasteiger partial charge in [-0.2, -0.15) is 5.10 Å². The summed E-state index contributed by atoms with van der Waals surface area (Å²) in [6.07, 6.45) is 11.7. The number of allylic oxidation sites excluding steroid dienone is 3. The molecule has 1 aliphatic rings. The minimum absolute atomic E-state index is 0.0263. The van der Waals surface area contributed by atoms with Crippen LogP contribution in [0.4, 0.5) is 4.39 Å². The van der Waals surface area contributed by atoms with Crippen molar-refractivity contribution in [2.75, 3.05) is 6.26 Å². The number of halogens is 1. The van der Waals surface area contributed by atoms with Crippen molar-refractivity contribution >= 4 is 26.5 Å². The second-order valence-electron chi connectivity index (χ2n) is 9.29. The summed E-state index contributed by atoms with van der Waals surface area (Å²) < 4.78 is 40.2. The van der Waals surface area contributed by atoms with Crippen LogP contribution in [0.1, 0.15) is 22.4 Å². The van der Waals surface area contributed by atoms with E-state index in [-0.39, 0.29) is 6.54 Å². The molecule has 0 fully saturated rings. The van der Waals surface area contributed by atoms with Gasteiger partial charge >= 0.3 is 0 Å². The van der Waals surface area contributed by atoms with Crippen LogP contribution in [0, 0.1) is 5.82 Å². The third-order valence-electron chi connectivity index (χ3n) is 6.37. The molecule has 0 spiro atoms. The molecule has 5 aromatic rings. The van der Waals surface area contributed by atoms with Gasteiger partial charge in [-0.3, -0.25) is 20.1 Å². The van der Waals surface area contributed by atoms with Gasteiger partial charge in [0.15, 0.2) is 0 Å². The predicted octanol–water partition coefficient (Wildman–Crippen LogP) is 3.43. The van der Waals surface area contributed by atoms with Gasteiger partial charge in [0.2, 0.25) is 10.0 Å². The number of nitrogens with one attached hydrogen (secondary N) is 3. The molecule has 196 valence electrons. The number of hydrogen-bond donors (Lipinski definition) is 4. The van der Waals surface area contributed by atoms with Crippen molar-refractivity contribution in [3.8, 4) is 22.8 Å². The lowest BCUT2D eigenvalue weighted by Gasteiger charge is -2.10. The van der Waals surface area contributed by atoms with Crippen molar-refractivity contribution in [3.63, 3.8) is 0 Å². The second kappa shape index (κ2) is 9.57. The lowest BCUT2D eigenvalue weighted by atomic mass is 9.96. The first-order chi connectivity index (χ1) is 18.7. The lowest BCUT2D eigenvalue weighted by molar-refractivity contribution is 0.586. The van der Waals surface area contributed by atoms with Crippen molar-refractivity contribution in [1.82, 2.24) is 34.9 Å². The molecule has 0 amide bonds. The Hall–Kier alpha value is -4.68. The molecular formula is C27H23FN8O2S. The SMILES string of the molecule is CS(=O)(=O)NCc1cc(F)cc(C2=CC=C(N)Cc3[nH]c(-c4n[nH]c5cnc(-c6cnccn6)cc45)cc32)c1. The Morgan fingerprint density at radius 3 is 2.72 bits per heavy atom. The minimum Gasteiger partial charge on any atom is -0.402 e. The van der Waals surface area contributed by atoms with E-state index in [9.17, 15) is 12.8 Å². The highest BCUT2D eigenvalue weighted by molar-refractivity contribution is 7.88. The molecule has 0 saturated carbocycles. The Balaban J connectivity index is 1.43. The first kappa shape index (κ1) is 24.6. The first-order valence-corrected chi connectivity index (χ1v) is 13.9. The molecule has 10 nitrogen and oxygen atoms in total. The van der Waals surface area contributed by atoms with Gasteiger partial charge in [0.05, 0.1) is 35.6 Å². The molecule has 5 N–H and O–H groups in total. The average Bonchev–Trinajstić information content (AvgIpc) is 3.47. The molecule has 6 rings (SSSR count). The number of fused-ring (bicyclic) bond motifs is 2. The summed E-state index contributed by atoms with van der Waals surface area (Å²) in [5.74, 6) is -0.473. The number of benzene rings is 1. The van der Waals surface area contributed by atoms with Gasteiger partial charge in [-0.15, -0.1) is 0 Å². The van der Waals surface area contributed by atoms with Crippen molar-refractivity contribution < 1.29 is 12.8 Å². The third-order valence-corrected chi connectivity index (χ3v) is 7.04. The molecule has 0 saturated heterocycles. The van der Waals surface area contributed by atoms with Gasteiger partial charge in [0.25, 0.3) is 0 Å². The van der Waals surface area contributed by atoms with Gasteiger partial charge in [-0.05, 0) is 53.1 Å². The van der Waals surface area contributed by atoms with Crippen LogP contribution in [0.25, 0.3) is 39.3 Å². The van der Waals surface area contributed by atoms with E-state index in [0.717, 1.165) is 39.7 Å². The fraction of sp³-hybridized carbons (Fsp3) is 0.111. The number of aromatic nitrogens is 6.